The van der Waals surface area contributed by atoms with Crippen molar-refractivity contribution in [2.24, 2.45) is 23.7 Å². The molecule has 22 heavy (non-hydrogen) atoms. The maximum atomic E-state index is 4.63. The van der Waals surface area contributed by atoms with Gasteiger partial charge in [-0.05, 0) is 61.5 Å². The Morgan fingerprint density at radius 3 is 2.36 bits per heavy atom. The van der Waals surface area contributed by atoms with Crippen LogP contribution in [0.2, 0.25) is 0 Å². The maximum absolute atomic E-state index is 4.63. The maximum Gasteiger partial charge on any atom is 0.128 e. The van der Waals surface area contributed by atoms with Crippen molar-refractivity contribution in [2.45, 2.75) is 38.6 Å². The molecule has 118 valence electrons. The highest BCUT2D eigenvalue weighted by Gasteiger charge is 2.48. The van der Waals surface area contributed by atoms with E-state index in [-0.39, 0.29) is 0 Å². The third kappa shape index (κ3) is 2.09. The molecular weight excluding hydrogens is 270 g/mol. The van der Waals surface area contributed by atoms with Gasteiger partial charge in [-0.2, -0.15) is 0 Å². The van der Waals surface area contributed by atoms with Crippen molar-refractivity contribution in [3.63, 3.8) is 0 Å². The van der Waals surface area contributed by atoms with Crippen molar-refractivity contribution in [3.05, 3.63) is 23.9 Å². The summed E-state index contributed by atoms with van der Waals surface area (Å²) in [5.41, 5.74) is 1.26. The van der Waals surface area contributed by atoms with Crippen LogP contribution in [-0.4, -0.2) is 42.1 Å². The summed E-state index contributed by atoms with van der Waals surface area (Å²) in [5.74, 6) is 5.05. The molecule has 3 heteroatoms. The smallest absolute Gasteiger partial charge is 0.128 e. The van der Waals surface area contributed by atoms with Crippen LogP contribution < -0.4 is 4.90 Å². The number of hydrogen-bond acceptors (Lipinski definition) is 3. The van der Waals surface area contributed by atoms with Crippen LogP contribution >= 0.6 is 0 Å². The molecule has 2 bridgehead atoms. The summed E-state index contributed by atoms with van der Waals surface area (Å²) < 4.78 is 0. The van der Waals surface area contributed by atoms with Crippen LogP contribution in [0.4, 0.5) is 5.82 Å². The van der Waals surface area contributed by atoms with Gasteiger partial charge >= 0.3 is 0 Å². The van der Waals surface area contributed by atoms with E-state index in [1.165, 1.54) is 63.2 Å². The molecule has 0 aromatic carbocycles. The van der Waals surface area contributed by atoms with Gasteiger partial charge in [0.2, 0.25) is 0 Å². The number of aryl methyl sites for hydroxylation is 1. The molecule has 3 heterocycles. The lowest BCUT2D eigenvalue weighted by atomic mass is 9.94. The third-order valence-corrected chi connectivity index (χ3v) is 6.90. The molecule has 2 saturated carbocycles. The Bertz CT molecular complexity index is 540. The number of pyridine rings is 1. The van der Waals surface area contributed by atoms with E-state index >= 15 is 0 Å². The summed E-state index contributed by atoms with van der Waals surface area (Å²) >= 11 is 0. The zero-order chi connectivity index (χ0) is 14.7. The van der Waals surface area contributed by atoms with Gasteiger partial charge < -0.3 is 4.90 Å². The van der Waals surface area contributed by atoms with Crippen molar-refractivity contribution < 1.29 is 0 Å². The number of aromatic nitrogens is 1. The summed E-state index contributed by atoms with van der Waals surface area (Å²) in [6, 6.07) is 5.33. The number of hydrogen-bond donors (Lipinski definition) is 0. The van der Waals surface area contributed by atoms with Crippen molar-refractivity contribution in [1.82, 2.24) is 9.88 Å². The molecule has 4 aliphatic rings. The normalized spacial score (nSPS) is 40.6. The van der Waals surface area contributed by atoms with E-state index in [4.69, 9.17) is 0 Å². The molecule has 5 atom stereocenters. The van der Waals surface area contributed by atoms with Gasteiger partial charge in [0.05, 0.1) is 0 Å². The van der Waals surface area contributed by atoms with Crippen LogP contribution in [0.3, 0.4) is 0 Å². The summed E-state index contributed by atoms with van der Waals surface area (Å²) in [5, 5.41) is 0. The Morgan fingerprint density at radius 1 is 0.955 bits per heavy atom. The average molecular weight is 297 g/mol. The van der Waals surface area contributed by atoms with Crippen molar-refractivity contribution in [1.29, 1.82) is 0 Å². The number of anilines is 1. The molecule has 4 fully saturated rings. The van der Waals surface area contributed by atoms with Gasteiger partial charge in [-0.3, -0.25) is 4.90 Å². The van der Waals surface area contributed by atoms with E-state index in [0.717, 1.165) is 29.7 Å². The van der Waals surface area contributed by atoms with Gasteiger partial charge in [-0.15, -0.1) is 0 Å². The second kappa shape index (κ2) is 4.95. The molecule has 5 rings (SSSR count). The SMILES string of the molecule is Cc1ccc(N2CC3CN(C4CC5CCC4C5)CC3C2)nc1. The molecule has 0 amide bonds. The summed E-state index contributed by atoms with van der Waals surface area (Å²) in [4.78, 5) is 10.0. The second-order valence-electron chi connectivity index (χ2n) is 8.32. The Kier molecular flexibility index (Phi) is 3.01. The Balaban J connectivity index is 1.24. The lowest BCUT2D eigenvalue weighted by Gasteiger charge is -2.32. The molecule has 2 aliphatic heterocycles. The van der Waals surface area contributed by atoms with Crippen LogP contribution in [0.15, 0.2) is 18.3 Å². The standard InChI is InChI=1S/C19H27N3/c1-13-2-5-19(20-8-13)22-11-16-9-21(10-17(16)12-22)18-7-14-3-4-15(18)6-14/h2,5,8,14-18H,3-4,6-7,9-12H2,1H3. The fraction of sp³-hybridized carbons (Fsp3) is 0.737. The minimum atomic E-state index is 0.877. The molecular formula is C19H27N3. The van der Waals surface area contributed by atoms with E-state index in [2.05, 4.69) is 33.8 Å². The van der Waals surface area contributed by atoms with Crippen LogP contribution in [-0.2, 0) is 0 Å². The fourth-order valence-corrected chi connectivity index (χ4v) is 5.79. The molecule has 1 aromatic rings. The van der Waals surface area contributed by atoms with Crippen molar-refractivity contribution >= 4 is 5.82 Å². The van der Waals surface area contributed by atoms with Crippen LogP contribution in [0.1, 0.15) is 31.2 Å². The first-order valence-electron chi connectivity index (χ1n) is 9.18. The second-order valence-corrected chi connectivity index (χ2v) is 8.32. The Morgan fingerprint density at radius 2 is 1.77 bits per heavy atom. The monoisotopic (exact) mass is 297 g/mol. The third-order valence-electron chi connectivity index (χ3n) is 6.90. The van der Waals surface area contributed by atoms with Crippen LogP contribution in [0.25, 0.3) is 0 Å². The lowest BCUT2D eigenvalue weighted by molar-refractivity contribution is 0.165. The van der Waals surface area contributed by atoms with Crippen molar-refractivity contribution in [3.8, 4) is 0 Å². The molecule has 0 spiro atoms. The average Bonchev–Trinajstić information content (AvgIpc) is 3.26. The highest BCUT2D eigenvalue weighted by Crippen LogP contribution is 2.48. The van der Waals surface area contributed by atoms with E-state index in [1.807, 2.05) is 6.20 Å². The minimum Gasteiger partial charge on any atom is -0.356 e. The Labute approximate surface area is 133 Å². The van der Waals surface area contributed by atoms with Gasteiger partial charge in [0.1, 0.15) is 5.82 Å². The zero-order valence-corrected chi connectivity index (χ0v) is 13.6. The van der Waals surface area contributed by atoms with E-state index < -0.39 is 0 Å². The van der Waals surface area contributed by atoms with Crippen LogP contribution in [0.5, 0.6) is 0 Å². The molecule has 0 N–H and O–H groups in total. The predicted octanol–water partition coefficient (Wildman–Crippen LogP) is 2.95. The number of likely N-dealkylation sites (tertiary alicyclic amines) is 1. The first-order chi connectivity index (χ1) is 10.8. The van der Waals surface area contributed by atoms with E-state index in [0.29, 0.717) is 0 Å². The molecule has 3 nitrogen and oxygen atoms in total. The highest BCUT2D eigenvalue weighted by atomic mass is 15.3. The molecule has 5 unspecified atom stereocenters. The molecule has 0 radical (unpaired) electrons. The van der Waals surface area contributed by atoms with E-state index in [9.17, 15) is 0 Å². The number of nitrogens with zero attached hydrogens (tertiary/aromatic N) is 3. The topological polar surface area (TPSA) is 19.4 Å². The highest BCUT2D eigenvalue weighted by molar-refractivity contribution is 5.41. The Hall–Kier alpha value is -1.09. The van der Waals surface area contributed by atoms with Crippen LogP contribution in [0, 0.1) is 30.6 Å². The van der Waals surface area contributed by atoms with Gasteiger partial charge in [0.25, 0.3) is 0 Å². The molecule has 2 aliphatic carbocycles. The quantitative estimate of drug-likeness (QED) is 0.836. The fourth-order valence-electron chi connectivity index (χ4n) is 5.79. The van der Waals surface area contributed by atoms with E-state index in [1.54, 1.807) is 0 Å². The summed E-state index contributed by atoms with van der Waals surface area (Å²) in [6.07, 6.45) is 8.09. The largest absolute Gasteiger partial charge is 0.356 e. The zero-order valence-electron chi connectivity index (χ0n) is 13.6. The van der Waals surface area contributed by atoms with Gasteiger partial charge in [-0.25, -0.2) is 4.98 Å². The number of fused-ring (bicyclic) bond motifs is 3. The minimum absolute atomic E-state index is 0.877. The lowest BCUT2D eigenvalue weighted by Crippen LogP contribution is -2.39. The van der Waals surface area contributed by atoms with Gasteiger partial charge in [0.15, 0.2) is 0 Å². The molecule has 2 saturated heterocycles. The van der Waals surface area contributed by atoms with Gasteiger partial charge in [-0.1, -0.05) is 12.5 Å². The predicted molar refractivity (Wildman–Crippen MR) is 89.0 cm³/mol. The first-order valence-corrected chi connectivity index (χ1v) is 9.18. The number of rotatable bonds is 2. The summed E-state index contributed by atoms with van der Waals surface area (Å²) in [7, 11) is 0. The molecule has 1 aromatic heterocycles. The summed E-state index contributed by atoms with van der Waals surface area (Å²) in [6.45, 7) is 7.25. The van der Waals surface area contributed by atoms with Crippen molar-refractivity contribution in [2.75, 3.05) is 31.1 Å². The van der Waals surface area contributed by atoms with Gasteiger partial charge in [0, 0.05) is 38.4 Å². The first kappa shape index (κ1) is 13.4.